The topological polar surface area (TPSA) is 20.2 Å². The maximum Gasteiger partial charge on any atom is 0.125 e. The maximum absolute atomic E-state index is 13.4. The van der Waals surface area contributed by atoms with Crippen LogP contribution in [0.1, 0.15) is 31.0 Å². The number of unbranched alkanes of at least 4 members (excludes halogenated alkanes) is 1. The van der Waals surface area contributed by atoms with E-state index in [0.29, 0.717) is 24.8 Å². The van der Waals surface area contributed by atoms with Gasteiger partial charge in [0.05, 0.1) is 6.67 Å². The number of hydrogen-bond acceptors (Lipinski definition) is 1. The van der Waals surface area contributed by atoms with Crippen LogP contribution in [0.2, 0.25) is 0 Å². The summed E-state index contributed by atoms with van der Waals surface area (Å²) in [5, 5.41) is 8.98. The van der Waals surface area contributed by atoms with E-state index in [0.717, 1.165) is 0 Å². The Kier molecular flexibility index (Phi) is 4.36. The zero-order valence-corrected chi connectivity index (χ0v) is 7.92. The van der Waals surface area contributed by atoms with Crippen LogP contribution < -0.4 is 0 Å². The predicted octanol–water partition coefficient (Wildman–Crippen LogP) is 3.54. The number of halogens is 2. The highest BCUT2D eigenvalue weighted by molar-refractivity contribution is 5.27. The summed E-state index contributed by atoms with van der Waals surface area (Å²) in [5.41, 5.74) is 0.543. The van der Waals surface area contributed by atoms with Gasteiger partial charge in [0.25, 0.3) is 0 Å². The number of benzene rings is 1. The SMILES string of the molecule is Oc1ccc(C(F)CCCCF)cc1. The van der Waals surface area contributed by atoms with Gasteiger partial charge in [-0.1, -0.05) is 12.1 Å². The number of hydrogen-bond donors (Lipinski definition) is 1. The molecular formula is C11H14F2O. The van der Waals surface area contributed by atoms with Gasteiger partial charge in [0, 0.05) is 0 Å². The summed E-state index contributed by atoms with van der Waals surface area (Å²) < 4.78 is 25.1. The van der Waals surface area contributed by atoms with Crippen molar-refractivity contribution in [2.45, 2.75) is 25.4 Å². The second-order valence-corrected chi connectivity index (χ2v) is 3.24. The van der Waals surface area contributed by atoms with Crippen molar-refractivity contribution in [1.29, 1.82) is 0 Å². The zero-order chi connectivity index (χ0) is 10.4. The molecule has 1 aromatic rings. The molecule has 1 N–H and O–H groups in total. The average Bonchev–Trinajstić information content (AvgIpc) is 2.19. The summed E-state index contributed by atoms with van der Waals surface area (Å²) in [6.07, 6.45) is 0.258. The molecule has 0 aromatic heterocycles. The molecule has 0 aliphatic carbocycles. The van der Waals surface area contributed by atoms with Crippen LogP contribution >= 0.6 is 0 Å². The van der Waals surface area contributed by atoms with Crippen molar-refractivity contribution in [3.63, 3.8) is 0 Å². The first kappa shape index (κ1) is 11.0. The Morgan fingerprint density at radius 2 is 1.79 bits per heavy atom. The minimum Gasteiger partial charge on any atom is -0.508 e. The molecule has 3 heteroatoms. The first-order chi connectivity index (χ1) is 6.74. The van der Waals surface area contributed by atoms with Crippen molar-refractivity contribution >= 4 is 0 Å². The second-order valence-electron chi connectivity index (χ2n) is 3.24. The molecule has 1 unspecified atom stereocenters. The van der Waals surface area contributed by atoms with Gasteiger partial charge < -0.3 is 5.11 Å². The van der Waals surface area contributed by atoms with E-state index in [1.54, 1.807) is 12.1 Å². The lowest BCUT2D eigenvalue weighted by molar-refractivity contribution is 0.307. The third kappa shape index (κ3) is 3.32. The quantitative estimate of drug-likeness (QED) is 0.721. The van der Waals surface area contributed by atoms with Crippen LogP contribution in [-0.2, 0) is 0 Å². The summed E-state index contributed by atoms with van der Waals surface area (Å²) in [4.78, 5) is 0. The lowest BCUT2D eigenvalue weighted by Gasteiger charge is -2.07. The molecule has 1 nitrogen and oxygen atoms in total. The van der Waals surface area contributed by atoms with Crippen molar-refractivity contribution < 1.29 is 13.9 Å². The third-order valence-electron chi connectivity index (χ3n) is 2.10. The summed E-state index contributed by atoms with van der Waals surface area (Å²) in [7, 11) is 0. The number of alkyl halides is 2. The van der Waals surface area contributed by atoms with Crippen LogP contribution in [0, 0.1) is 0 Å². The van der Waals surface area contributed by atoms with E-state index in [4.69, 9.17) is 5.11 Å². The Morgan fingerprint density at radius 3 is 2.36 bits per heavy atom. The van der Waals surface area contributed by atoms with Gasteiger partial charge in [-0.05, 0) is 37.0 Å². The van der Waals surface area contributed by atoms with E-state index in [2.05, 4.69) is 0 Å². The molecule has 0 fully saturated rings. The van der Waals surface area contributed by atoms with Gasteiger partial charge in [0.1, 0.15) is 11.9 Å². The van der Waals surface area contributed by atoms with Crippen molar-refractivity contribution in [2.24, 2.45) is 0 Å². The van der Waals surface area contributed by atoms with Crippen molar-refractivity contribution in [2.75, 3.05) is 6.67 Å². The average molecular weight is 200 g/mol. The number of rotatable bonds is 5. The highest BCUT2D eigenvalue weighted by atomic mass is 19.1. The molecule has 78 valence electrons. The largest absolute Gasteiger partial charge is 0.508 e. The zero-order valence-electron chi connectivity index (χ0n) is 7.92. The fourth-order valence-corrected chi connectivity index (χ4v) is 1.27. The van der Waals surface area contributed by atoms with Crippen molar-refractivity contribution in [3.8, 4) is 5.75 Å². The van der Waals surface area contributed by atoms with Crippen LogP contribution in [0.4, 0.5) is 8.78 Å². The van der Waals surface area contributed by atoms with Gasteiger partial charge in [-0.2, -0.15) is 0 Å². The molecule has 0 heterocycles. The highest BCUT2D eigenvalue weighted by Gasteiger charge is 2.08. The Morgan fingerprint density at radius 1 is 1.14 bits per heavy atom. The van der Waals surface area contributed by atoms with Gasteiger partial charge >= 0.3 is 0 Å². The molecule has 0 bridgehead atoms. The van der Waals surface area contributed by atoms with E-state index in [1.165, 1.54) is 12.1 Å². The molecule has 1 atom stereocenters. The standard InChI is InChI=1S/C11H14F2O/c12-8-2-1-3-11(13)9-4-6-10(14)7-5-9/h4-7,11,14H,1-3,8H2. The molecule has 0 amide bonds. The van der Waals surface area contributed by atoms with E-state index in [1.807, 2.05) is 0 Å². The molecule has 0 saturated heterocycles. The number of phenolic OH excluding ortho intramolecular Hbond substituents is 1. The molecular weight excluding hydrogens is 186 g/mol. The van der Waals surface area contributed by atoms with E-state index in [9.17, 15) is 8.78 Å². The van der Waals surface area contributed by atoms with Gasteiger partial charge in [0.2, 0.25) is 0 Å². The normalized spacial score (nSPS) is 12.7. The Labute approximate surface area is 82.4 Å². The van der Waals surface area contributed by atoms with E-state index < -0.39 is 6.17 Å². The highest BCUT2D eigenvalue weighted by Crippen LogP contribution is 2.24. The summed E-state index contributed by atoms with van der Waals surface area (Å²) in [6.45, 7) is -0.387. The van der Waals surface area contributed by atoms with Crippen LogP contribution in [0.3, 0.4) is 0 Å². The summed E-state index contributed by atoms with van der Waals surface area (Å²) in [6, 6.07) is 6.01. The fourth-order valence-electron chi connectivity index (χ4n) is 1.27. The molecule has 1 rings (SSSR count). The van der Waals surface area contributed by atoms with Crippen LogP contribution in [0.5, 0.6) is 5.75 Å². The Hall–Kier alpha value is -1.12. The van der Waals surface area contributed by atoms with Crippen molar-refractivity contribution in [1.82, 2.24) is 0 Å². The first-order valence-electron chi connectivity index (χ1n) is 4.73. The van der Waals surface area contributed by atoms with Crippen LogP contribution in [0.15, 0.2) is 24.3 Å². The van der Waals surface area contributed by atoms with Crippen molar-refractivity contribution in [3.05, 3.63) is 29.8 Å². The van der Waals surface area contributed by atoms with E-state index in [-0.39, 0.29) is 12.4 Å². The molecule has 14 heavy (non-hydrogen) atoms. The molecule has 0 aliphatic rings. The van der Waals surface area contributed by atoms with Gasteiger partial charge in [-0.25, -0.2) is 4.39 Å². The molecule has 0 aliphatic heterocycles. The Balaban J connectivity index is 2.43. The number of aromatic hydroxyl groups is 1. The monoisotopic (exact) mass is 200 g/mol. The van der Waals surface area contributed by atoms with Crippen LogP contribution in [0.25, 0.3) is 0 Å². The molecule has 0 radical (unpaired) electrons. The number of phenols is 1. The van der Waals surface area contributed by atoms with E-state index >= 15 is 0 Å². The fraction of sp³-hybridized carbons (Fsp3) is 0.455. The minimum atomic E-state index is -1.05. The molecule has 0 spiro atoms. The smallest absolute Gasteiger partial charge is 0.125 e. The third-order valence-corrected chi connectivity index (χ3v) is 2.10. The summed E-state index contributed by atoms with van der Waals surface area (Å²) in [5.74, 6) is 0.129. The maximum atomic E-state index is 13.4. The Bertz CT molecular complexity index is 258. The van der Waals surface area contributed by atoms with Gasteiger partial charge in [-0.15, -0.1) is 0 Å². The van der Waals surface area contributed by atoms with Gasteiger partial charge in [0.15, 0.2) is 0 Å². The molecule has 0 saturated carbocycles. The first-order valence-corrected chi connectivity index (χ1v) is 4.73. The summed E-state index contributed by atoms with van der Waals surface area (Å²) >= 11 is 0. The second kappa shape index (κ2) is 5.58. The lowest BCUT2D eigenvalue weighted by Crippen LogP contribution is -1.92. The van der Waals surface area contributed by atoms with Gasteiger partial charge in [-0.3, -0.25) is 4.39 Å². The lowest BCUT2D eigenvalue weighted by atomic mass is 10.1. The predicted molar refractivity (Wildman–Crippen MR) is 51.8 cm³/mol. The minimum absolute atomic E-state index is 0.129. The van der Waals surface area contributed by atoms with Crippen LogP contribution in [-0.4, -0.2) is 11.8 Å². The molecule has 1 aromatic carbocycles.